The van der Waals surface area contributed by atoms with E-state index in [4.69, 9.17) is 5.84 Å². The number of nitrogens with one attached hydrogen (secondary N) is 1. The molecule has 1 unspecified atom stereocenters. The van der Waals surface area contributed by atoms with Gasteiger partial charge in [-0.05, 0) is 18.1 Å². The lowest BCUT2D eigenvalue weighted by atomic mass is 10.1. The Hall–Kier alpha value is -1.30. The van der Waals surface area contributed by atoms with Gasteiger partial charge in [-0.2, -0.15) is 0 Å². The lowest BCUT2D eigenvalue weighted by Gasteiger charge is -2.12. The van der Waals surface area contributed by atoms with Crippen molar-refractivity contribution >= 4 is 11.3 Å². The third kappa shape index (κ3) is 2.59. The SMILES string of the molecule is NNC(Cc1cccnc1)c1cscn1. The number of rotatable bonds is 4. The summed E-state index contributed by atoms with van der Waals surface area (Å²) in [7, 11) is 0. The van der Waals surface area contributed by atoms with Crippen molar-refractivity contribution in [3.05, 3.63) is 46.7 Å². The molecule has 2 heterocycles. The summed E-state index contributed by atoms with van der Waals surface area (Å²) < 4.78 is 0. The van der Waals surface area contributed by atoms with E-state index in [-0.39, 0.29) is 6.04 Å². The predicted octanol–water partition coefficient (Wildman–Crippen LogP) is 1.29. The quantitative estimate of drug-likeness (QED) is 0.602. The number of nitrogens with zero attached hydrogens (tertiary/aromatic N) is 2. The zero-order valence-corrected chi connectivity index (χ0v) is 8.95. The maximum atomic E-state index is 5.51. The molecule has 5 heteroatoms. The van der Waals surface area contributed by atoms with E-state index in [2.05, 4.69) is 15.4 Å². The van der Waals surface area contributed by atoms with E-state index < -0.39 is 0 Å². The number of aromatic nitrogens is 2. The topological polar surface area (TPSA) is 63.8 Å². The van der Waals surface area contributed by atoms with Crippen molar-refractivity contribution < 1.29 is 0 Å². The lowest BCUT2D eigenvalue weighted by Crippen LogP contribution is -2.29. The van der Waals surface area contributed by atoms with Gasteiger partial charge in [0.2, 0.25) is 0 Å². The number of hydrazine groups is 1. The first-order valence-corrected chi connectivity index (χ1v) is 5.57. The molecule has 15 heavy (non-hydrogen) atoms. The van der Waals surface area contributed by atoms with E-state index in [1.54, 1.807) is 17.5 Å². The average Bonchev–Trinajstić information content (AvgIpc) is 2.81. The van der Waals surface area contributed by atoms with E-state index in [0.29, 0.717) is 0 Å². The molecule has 0 spiro atoms. The van der Waals surface area contributed by atoms with Gasteiger partial charge >= 0.3 is 0 Å². The van der Waals surface area contributed by atoms with Crippen molar-refractivity contribution in [1.82, 2.24) is 15.4 Å². The molecule has 2 aromatic rings. The summed E-state index contributed by atoms with van der Waals surface area (Å²) in [6.07, 6.45) is 4.40. The maximum absolute atomic E-state index is 5.51. The van der Waals surface area contributed by atoms with E-state index in [1.165, 1.54) is 0 Å². The summed E-state index contributed by atoms with van der Waals surface area (Å²) >= 11 is 1.57. The minimum Gasteiger partial charge on any atom is -0.271 e. The Morgan fingerprint density at radius 1 is 1.53 bits per heavy atom. The molecule has 0 aromatic carbocycles. The van der Waals surface area contributed by atoms with Gasteiger partial charge in [-0.1, -0.05) is 6.07 Å². The number of nitrogens with two attached hydrogens (primary N) is 1. The van der Waals surface area contributed by atoms with Crippen LogP contribution in [0.15, 0.2) is 35.4 Å². The van der Waals surface area contributed by atoms with Crippen LogP contribution in [0.4, 0.5) is 0 Å². The summed E-state index contributed by atoms with van der Waals surface area (Å²) in [5.74, 6) is 5.51. The minimum absolute atomic E-state index is 0.0560. The van der Waals surface area contributed by atoms with E-state index >= 15 is 0 Å². The highest BCUT2D eigenvalue weighted by Crippen LogP contribution is 2.16. The Labute approximate surface area is 92.2 Å². The molecule has 0 radical (unpaired) electrons. The van der Waals surface area contributed by atoms with E-state index in [9.17, 15) is 0 Å². The molecule has 4 nitrogen and oxygen atoms in total. The first-order chi connectivity index (χ1) is 7.40. The van der Waals surface area contributed by atoms with Gasteiger partial charge in [0.05, 0.1) is 17.2 Å². The van der Waals surface area contributed by atoms with Gasteiger partial charge in [0.15, 0.2) is 0 Å². The van der Waals surface area contributed by atoms with Crippen molar-refractivity contribution in [2.24, 2.45) is 5.84 Å². The zero-order chi connectivity index (χ0) is 10.5. The van der Waals surface area contributed by atoms with Gasteiger partial charge in [-0.3, -0.25) is 16.3 Å². The second-order valence-corrected chi connectivity index (χ2v) is 3.92. The Bertz CT molecular complexity index is 387. The molecule has 1 atom stereocenters. The molecule has 0 saturated heterocycles. The molecular formula is C10H12N4S. The van der Waals surface area contributed by atoms with Crippen molar-refractivity contribution in [3.8, 4) is 0 Å². The lowest BCUT2D eigenvalue weighted by molar-refractivity contribution is 0.540. The fraction of sp³-hybridized carbons (Fsp3) is 0.200. The molecule has 0 amide bonds. The Balaban J connectivity index is 2.10. The molecule has 0 aliphatic carbocycles. The highest BCUT2D eigenvalue weighted by atomic mass is 32.1. The molecule has 0 bridgehead atoms. The summed E-state index contributed by atoms with van der Waals surface area (Å²) in [6.45, 7) is 0. The van der Waals surface area contributed by atoms with Gasteiger partial charge in [-0.15, -0.1) is 11.3 Å². The normalized spacial score (nSPS) is 12.6. The van der Waals surface area contributed by atoms with Gasteiger partial charge in [0.1, 0.15) is 0 Å². The Morgan fingerprint density at radius 3 is 3.07 bits per heavy atom. The summed E-state index contributed by atoms with van der Waals surface area (Å²) in [6, 6.07) is 4.01. The van der Waals surface area contributed by atoms with Crippen LogP contribution >= 0.6 is 11.3 Å². The maximum Gasteiger partial charge on any atom is 0.0795 e. The van der Waals surface area contributed by atoms with Crippen molar-refractivity contribution in [2.75, 3.05) is 0 Å². The number of thiazole rings is 1. The van der Waals surface area contributed by atoms with Crippen molar-refractivity contribution in [1.29, 1.82) is 0 Å². The molecule has 0 aliphatic heterocycles. The average molecular weight is 220 g/mol. The predicted molar refractivity (Wildman–Crippen MR) is 60.1 cm³/mol. The molecule has 3 N–H and O–H groups in total. The highest BCUT2D eigenvalue weighted by molar-refractivity contribution is 7.07. The van der Waals surface area contributed by atoms with Gasteiger partial charge in [0.25, 0.3) is 0 Å². The number of hydrogen-bond acceptors (Lipinski definition) is 5. The van der Waals surface area contributed by atoms with Gasteiger partial charge < -0.3 is 0 Å². The van der Waals surface area contributed by atoms with Crippen LogP contribution in [0.3, 0.4) is 0 Å². The van der Waals surface area contributed by atoms with Gasteiger partial charge in [0, 0.05) is 17.8 Å². The van der Waals surface area contributed by atoms with Crippen LogP contribution in [0.2, 0.25) is 0 Å². The fourth-order valence-corrected chi connectivity index (χ4v) is 2.01. The molecule has 0 aliphatic rings. The van der Waals surface area contributed by atoms with Crippen LogP contribution in [0.5, 0.6) is 0 Å². The minimum atomic E-state index is 0.0560. The third-order valence-electron chi connectivity index (χ3n) is 2.17. The smallest absolute Gasteiger partial charge is 0.0795 e. The van der Waals surface area contributed by atoms with Crippen molar-refractivity contribution in [2.45, 2.75) is 12.5 Å². The first-order valence-electron chi connectivity index (χ1n) is 4.63. The zero-order valence-electron chi connectivity index (χ0n) is 8.13. The number of hydrogen-bond donors (Lipinski definition) is 2. The molecule has 2 aromatic heterocycles. The first kappa shape index (κ1) is 10.2. The second-order valence-electron chi connectivity index (χ2n) is 3.20. The van der Waals surface area contributed by atoms with E-state index in [0.717, 1.165) is 17.7 Å². The van der Waals surface area contributed by atoms with Crippen molar-refractivity contribution in [3.63, 3.8) is 0 Å². The molecular weight excluding hydrogens is 208 g/mol. The van der Waals surface area contributed by atoms with Crippen LogP contribution in [-0.2, 0) is 6.42 Å². The summed E-state index contributed by atoms with van der Waals surface area (Å²) in [5.41, 5.74) is 6.70. The van der Waals surface area contributed by atoms with Crippen LogP contribution < -0.4 is 11.3 Å². The monoisotopic (exact) mass is 220 g/mol. The summed E-state index contributed by atoms with van der Waals surface area (Å²) in [5, 5.41) is 2.00. The van der Waals surface area contributed by atoms with Crippen LogP contribution in [0.25, 0.3) is 0 Å². The fourth-order valence-electron chi connectivity index (χ4n) is 1.40. The van der Waals surface area contributed by atoms with Crippen LogP contribution in [0, 0.1) is 0 Å². The second kappa shape index (κ2) is 4.97. The Kier molecular flexibility index (Phi) is 3.39. The van der Waals surface area contributed by atoms with Crippen LogP contribution in [-0.4, -0.2) is 9.97 Å². The largest absolute Gasteiger partial charge is 0.271 e. The van der Waals surface area contributed by atoms with Crippen LogP contribution in [0.1, 0.15) is 17.3 Å². The molecule has 78 valence electrons. The molecule has 0 fully saturated rings. The third-order valence-corrected chi connectivity index (χ3v) is 2.78. The summed E-state index contributed by atoms with van der Waals surface area (Å²) in [4.78, 5) is 8.31. The Morgan fingerprint density at radius 2 is 2.47 bits per heavy atom. The molecule has 0 saturated carbocycles. The van der Waals surface area contributed by atoms with E-state index in [1.807, 2.05) is 29.2 Å². The number of pyridine rings is 1. The standard InChI is InChI=1S/C10H12N4S/c11-14-9(10-6-15-7-13-10)4-8-2-1-3-12-5-8/h1-3,5-7,9,14H,4,11H2. The molecule has 2 rings (SSSR count). The van der Waals surface area contributed by atoms with Gasteiger partial charge in [-0.25, -0.2) is 4.98 Å². The highest BCUT2D eigenvalue weighted by Gasteiger charge is 2.11.